The standard InChI is InChI=1S/C18H24N2S/c1-15(2)12-20-14-17-5-3-7-18(11-17)21-10-8-16-6-4-9-19-13-16/h3-7,9,11,13,15,20H,8,10,12,14H2,1-2H3. The van der Waals surface area contributed by atoms with Crippen LogP contribution in [-0.4, -0.2) is 17.3 Å². The number of nitrogens with zero attached hydrogens (tertiary/aromatic N) is 1. The van der Waals surface area contributed by atoms with Gasteiger partial charge in [0.05, 0.1) is 0 Å². The summed E-state index contributed by atoms with van der Waals surface area (Å²) in [5, 5.41) is 3.49. The first-order valence-electron chi connectivity index (χ1n) is 7.55. The van der Waals surface area contributed by atoms with Crippen LogP contribution in [0.4, 0.5) is 0 Å². The molecule has 0 aliphatic carbocycles. The first-order chi connectivity index (χ1) is 10.2. The normalized spacial score (nSPS) is 11.0. The molecule has 0 amide bonds. The summed E-state index contributed by atoms with van der Waals surface area (Å²) in [7, 11) is 0. The van der Waals surface area contributed by atoms with Crippen LogP contribution in [0.2, 0.25) is 0 Å². The van der Waals surface area contributed by atoms with Gasteiger partial charge in [0.25, 0.3) is 0 Å². The van der Waals surface area contributed by atoms with Crippen LogP contribution in [0.25, 0.3) is 0 Å². The smallest absolute Gasteiger partial charge is 0.0300 e. The number of hydrogen-bond donors (Lipinski definition) is 1. The molecular weight excluding hydrogens is 276 g/mol. The molecule has 1 aromatic carbocycles. The zero-order chi connectivity index (χ0) is 14.9. The maximum absolute atomic E-state index is 4.15. The second-order valence-electron chi connectivity index (χ2n) is 5.63. The van der Waals surface area contributed by atoms with E-state index in [1.54, 1.807) is 0 Å². The summed E-state index contributed by atoms with van der Waals surface area (Å²) >= 11 is 1.91. The number of rotatable bonds is 8. The van der Waals surface area contributed by atoms with Crippen molar-refractivity contribution in [3.8, 4) is 0 Å². The third-order valence-corrected chi connectivity index (χ3v) is 4.16. The van der Waals surface area contributed by atoms with Gasteiger partial charge >= 0.3 is 0 Å². The fourth-order valence-corrected chi connectivity index (χ4v) is 3.07. The summed E-state index contributed by atoms with van der Waals surface area (Å²) in [5.41, 5.74) is 2.67. The van der Waals surface area contributed by atoms with E-state index in [4.69, 9.17) is 0 Å². The highest BCUT2D eigenvalue weighted by Crippen LogP contribution is 2.20. The van der Waals surface area contributed by atoms with E-state index < -0.39 is 0 Å². The summed E-state index contributed by atoms with van der Waals surface area (Å²) in [6.07, 6.45) is 4.84. The van der Waals surface area contributed by atoms with Crippen LogP contribution >= 0.6 is 11.8 Å². The molecule has 0 fully saturated rings. The fraction of sp³-hybridized carbons (Fsp3) is 0.389. The third kappa shape index (κ3) is 6.32. The van der Waals surface area contributed by atoms with Crippen molar-refractivity contribution in [2.45, 2.75) is 31.7 Å². The first-order valence-corrected chi connectivity index (χ1v) is 8.54. The monoisotopic (exact) mass is 300 g/mol. The molecule has 2 nitrogen and oxygen atoms in total. The minimum absolute atomic E-state index is 0.696. The SMILES string of the molecule is CC(C)CNCc1cccc(SCCc2cccnc2)c1. The summed E-state index contributed by atoms with van der Waals surface area (Å²) in [5.74, 6) is 1.79. The lowest BCUT2D eigenvalue weighted by molar-refractivity contribution is 0.552. The van der Waals surface area contributed by atoms with Gasteiger partial charge in [-0.05, 0) is 48.2 Å². The van der Waals surface area contributed by atoms with Gasteiger partial charge in [0.1, 0.15) is 0 Å². The van der Waals surface area contributed by atoms with Crippen LogP contribution in [0.3, 0.4) is 0 Å². The summed E-state index contributed by atoms with van der Waals surface area (Å²) in [6.45, 7) is 6.49. The molecule has 0 bridgehead atoms. The number of aryl methyl sites for hydroxylation is 1. The molecule has 0 radical (unpaired) electrons. The fourth-order valence-electron chi connectivity index (χ4n) is 2.08. The lowest BCUT2D eigenvalue weighted by atomic mass is 10.2. The highest BCUT2D eigenvalue weighted by Gasteiger charge is 1.99. The summed E-state index contributed by atoms with van der Waals surface area (Å²) < 4.78 is 0. The molecule has 3 heteroatoms. The average molecular weight is 300 g/mol. The van der Waals surface area contributed by atoms with Gasteiger partial charge in [-0.15, -0.1) is 11.8 Å². The van der Waals surface area contributed by atoms with E-state index in [1.165, 1.54) is 16.0 Å². The van der Waals surface area contributed by atoms with E-state index in [9.17, 15) is 0 Å². The number of benzene rings is 1. The second kappa shape index (κ2) is 8.85. The molecular formula is C18H24N2S. The molecule has 0 saturated heterocycles. The second-order valence-corrected chi connectivity index (χ2v) is 6.80. The predicted molar refractivity (Wildman–Crippen MR) is 91.7 cm³/mol. The van der Waals surface area contributed by atoms with Crippen molar-refractivity contribution in [3.63, 3.8) is 0 Å². The quantitative estimate of drug-likeness (QED) is 0.741. The molecule has 0 saturated carbocycles. The largest absolute Gasteiger partial charge is 0.312 e. The molecule has 0 atom stereocenters. The topological polar surface area (TPSA) is 24.9 Å². The Morgan fingerprint density at radius 3 is 2.76 bits per heavy atom. The number of nitrogens with one attached hydrogen (secondary N) is 1. The van der Waals surface area contributed by atoms with Crippen LogP contribution in [0.15, 0.2) is 53.7 Å². The number of hydrogen-bond acceptors (Lipinski definition) is 3. The maximum Gasteiger partial charge on any atom is 0.0300 e. The van der Waals surface area contributed by atoms with E-state index in [-0.39, 0.29) is 0 Å². The Labute approximate surface area is 132 Å². The molecule has 2 rings (SSSR count). The molecule has 0 unspecified atom stereocenters. The Balaban J connectivity index is 1.78. The van der Waals surface area contributed by atoms with Gasteiger partial charge in [-0.25, -0.2) is 0 Å². The van der Waals surface area contributed by atoms with E-state index in [1.807, 2.05) is 30.2 Å². The van der Waals surface area contributed by atoms with Crippen LogP contribution in [-0.2, 0) is 13.0 Å². The van der Waals surface area contributed by atoms with E-state index in [0.717, 1.165) is 25.3 Å². The first kappa shape index (κ1) is 16.1. The number of pyridine rings is 1. The zero-order valence-corrected chi connectivity index (χ0v) is 13.7. The predicted octanol–water partition coefficient (Wildman–Crippen LogP) is 4.16. The molecule has 112 valence electrons. The van der Waals surface area contributed by atoms with Gasteiger partial charge in [-0.2, -0.15) is 0 Å². The maximum atomic E-state index is 4.15. The molecule has 0 aliphatic heterocycles. The molecule has 1 N–H and O–H groups in total. The van der Waals surface area contributed by atoms with Gasteiger partial charge in [0, 0.05) is 29.6 Å². The van der Waals surface area contributed by atoms with Gasteiger partial charge in [-0.1, -0.05) is 32.0 Å². The summed E-state index contributed by atoms with van der Waals surface area (Å²) in [6, 6.07) is 13.0. The Morgan fingerprint density at radius 2 is 2.00 bits per heavy atom. The minimum Gasteiger partial charge on any atom is -0.312 e. The van der Waals surface area contributed by atoms with Crippen molar-refractivity contribution in [2.24, 2.45) is 5.92 Å². The molecule has 1 aromatic heterocycles. The Bertz CT molecular complexity index is 526. The zero-order valence-electron chi connectivity index (χ0n) is 12.9. The molecule has 2 aromatic rings. The highest BCUT2D eigenvalue weighted by atomic mass is 32.2. The van der Waals surface area contributed by atoms with Crippen molar-refractivity contribution in [2.75, 3.05) is 12.3 Å². The van der Waals surface area contributed by atoms with E-state index in [0.29, 0.717) is 5.92 Å². The van der Waals surface area contributed by atoms with Crippen LogP contribution in [0, 0.1) is 5.92 Å². The van der Waals surface area contributed by atoms with Crippen LogP contribution in [0.5, 0.6) is 0 Å². The lowest BCUT2D eigenvalue weighted by Crippen LogP contribution is -2.18. The van der Waals surface area contributed by atoms with Gasteiger partial charge in [0.15, 0.2) is 0 Å². The van der Waals surface area contributed by atoms with Crippen LogP contribution < -0.4 is 5.32 Å². The minimum atomic E-state index is 0.696. The third-order valence-electron chi connectivity index (χ3n) is 3.16. The van der Waals surface area contributed by atoms with Gasteiger partial charge in [-0.3, -0.25) is 4.98 Å². The van der Waals surface area contributed by atoms with Crippen molar-refractivity contribution in [1.29, 1.82) is 0 Å². The van der Waals surface area contributed by atoms with Crippen molar-refractivity contribution in [3.05, 3.63) is 59.9 Å². The molecule has 0 spiro atoms. The molecule has 0 aliphatic rings. The van der Waals surface area contributed by atoms with Gasteiger partial charge < -0.3 is 5.32 Å². The van der Waals surface area contributed by atoms with Crippen molar-refractivity contribution >= 4 is 11.8 Å². The Morgan fingerprint density at radius 1 is 1.14 bits per heavy atom. The average Bonchev–Trinajstić information content (AvgIpc) is 2.48. The summed E-state index contributed by atoms with van der Waals surface area (Å²) in [4.78, 5) is 5.50. The number of aromatic nitrogens is 1. The van der Waals surface area contributed by atoms with E-state index >= 15 is 0 Å². The highest BCUT2D eigenvalue weighted by molar-refractivity contribution is 7.99. The Hall–Kier alpha value is -1.32. The molecule has 1 heterocycles. The van der Waals surface area contributed by atoms with Crippen molar-refractivity contribution < 1.29 is 0 Å². The molecule has 21 heavy (non-hydrogen) atoms. The van der Waals surface area contributed by atoms with Crippen LogP contribution in [0.1, 0.15) is 25.0 Å². The number of thioether (sulfide) groups is 1. The van der Waals surface area contributed by atoms with Gasteiger partial charge in [0.2, 0.25) is 0 Å². The van der Waals surface area contributed by atoms with Crippen molar-refractivity contribution in [1.82, 2.24) is 10.3 Å². The van der Waals surface area contributed by atoms with E-state index in [2.05, 4.69) is 54.5 Å². The Kier molecular flexibility index (Phi) is 6.77. The lowest BCUT2D eigenvalue weighted by Gasteiger charge is -2.09.